The van der Waals surface area contributed by atoms with Gasteiger partial charge in [-0.15, -0.1) is 0 Å². The third kappa shape index (κ3) is 4.67. The number of nitrogens with zero attached hydrogens (tertiary/aromatic N) is 5. The average molecular weight is 509 g/mol. The van der Waals surface area contributed by atoms with Gasteiger partial charge in [-0.3, -0.25) is 0 Å². The zero-order chi connectivity index (χ0) is 26.1. The lowest BCUT2D eigenvalue weighted by Gasteiger charge is -2.27. The lowest BCUT2D eigenvalue weighted by Crippen LogP contribution is -2.44. The number of hydrogen-bond acceptors (Lipinski definition) is 9. The Morgan fingerprint density at radius 2 is 1.70 bits per heavy atom. The van der Waals surface area contributed by atoms with E-state index in [-0.39, 0.29) is 19.1 Å². The SMILES string of the molecule is COc1cc2nc(N3CCCN(C(=O)N4C[C@H](O)[C@@H](O)C4)CC3)nc(N)c2c(-c2ccccc2)c1OC. The number of aromatic nitrogens is 2. The number of benzene rings is 2. The van der Waals surface area contributed by atoms with Crippen molar-refractivity contribution in [3.05, 3.63) is 36.4 Å². The second-order valence-electron chi connectivity index (χ2n) is 9.31. The molecule has 0 unspecified atom stereocenters. The molecule has 2 aliphatic rings. The smallest absolute Gasteiger partial charge is 0.320 e. The summed E-state index contributed by atoms with van der Waals surface area (Å²) in [4.78, 5) is 27.7. The van der Waals surface area contributed by atoms with Crippen molar-refractivity contribution in [2.24, 2.45) is 0 Å². The minimum Gasteiger partial charge on any atom is -0.493 e. The molecule has 5 rings (SSSR count). The number of hydrogen-bond donors (Lipinski definition) is 3. The summed E-state index contributed by atoms with van der Waals surface area (Å²) in [5.41, 5.74) is 8.86. The summed E-state index contributed by atoms with van der Waals surface area (Å²) in [5.74, 6) is 1.92. The average Bonchev–Trinajstić information content (AvgIpc) is 3.09. The van der Waals surface area contributed by atoms with Crippen LogP contribution in [0.2, 0.25) is 0 Å². The van der Waals surface area contributed by atoms with Crippen LogP contribution < -0.4 is 20.1 Å². The highest BCUT2D eigenvalue weighted by molar-refractivity contribution is 6.05. The summed E-state index contributed by atoms with van der Waals surface area (Å²) in [7, 11) is 3.18. The Balaban J connectivity index is 1.46. The van der Waals surface area contributed by atoms with Gasteiger partial charge in [0.15, 0.2) is 11.5 Å². The molecule has 2 aromatic carbocycles. The predicted molar refractivity (Wildman–Crippen MR) is 140 cm³/mol. The molecular weight excluding hydrogens is 476 g/mol. The highest BCUT2D eigenvalue weighted by Crippen LogP contribution is 2.45. The summed E-state index contributed by atoms with van der Waals surface area (Å²) < 4.78 is 11.4. The lowest BCUT2D eigenvalue weighted by atomic mass is 9.99. The Kier molecular flexibility index (Phi) is 6.90. The van der Waals surface area contributed by atoms with Gasteiger partial charge in [0.25, 0.3) is 0 Å². The number of methoxy groups -OCH3 is 2. The number of amides is 2. The second kappa shape index (κ2) is 10.3. The molecule has 1 aromatic heterocycles. The third-order valence-corrected chi connectivity index (χ3v) is 6.99. The molecule has 2 fully saturated rings. The molecule has 3 heterocycles. The number of β-amino-alcohol motifs (C(OH)–C–C–N with tert-alkyl or cyclic N) is 2. The Hall–Kier alpha value is -3.83. The third-order valence-electron chi connectivity index (χ3n) is 6.99. The van der Waals surface area contributed by atoms with E-state index in [4.69, 9.17) is 20.2 Å². The van der Waals surface area contributed by atoms with Crippen molar-refractivity contribution in [1.29, 1.82) is 0 Å². The fourth-order valence-corrected chi connectivity index (χ4v) is 5.08. The van der Waals surface area contributed by atoms with E-state index in [1.54, 1.807) is 25.2 Å². The van der Waals surface area contributed by atoms with Gasteiger partial charge in [-0.1, -0.05) is 30.3 Å². The first-order chi connectivity index (χ1) is 17.9. The summed E-state index contributed by atoms with van der Waals surface area (Å²) in [6, 6.07) is 11.4. The van der Waals surface area contributed by atoms with E-state index in [0.717, 1.165) is 11.1 Å². The number of fused-ring (bicyclic) bond motifs is 1. The first-order valence-corrected chi connectivity index (χ1v) is 12.3. The Morgan fingerprint density at radius 3 is 2.38 bits per heavy atom. The van der Waals surface area contributed by atoms with Crippen LogP contribution >= 0.6 is 0 Å². The van der Waals surface area contributed by atoms with Crippen LogP contribution in [0, 0.1) is 0 Å². The molecule has 0 radical (unpaired) electrons. The van der Waals surface area contributed by atoms with E-state index in [2.05, 4.69) is 4.98 Å². The van der Waals surface area contributed by atoms with Gasteiger partial charge in [0, 0.05) is 37.8 Å². The van der Waals surface area contributed by atoms with Crippen LogP contribution in [0.1, 0.15) is 6.42 Å². The van der Waals surface area contributed by atoms with E-state index < -0.39 is 12.2 Å². The van der Waals surface area contributed by atoms with Crippen LogP contribution in [-0.2, 0) is 0 Å². The van der Waals surface area contributed by atoms with Gasteiger partial charge < -0.3 is 40.1 Å². The molecule has 37 heavy (non-hydrogen) atoms. The highest BCUT2D eigenvalue weighted by atomic mass is 16.5. The topological polar surface area (TPSA) is 138 Å². The monoisotopic (exact) mass is 508 g/mol. The molecule has 2 atom stereocenters. The van der Waals surface area contributed by atoms with Crippen LogP contribution in [0.5, 0.6) is 11.5 Å². The molecule has 0 aliphatic carbocycles. The van der Waals surface area contributed by atoms with Crippen molar-refractivity contribution in [1.82, 2.24) is 19.8 Å². The zero-order valence-electron chi connectivity index (χ0n) is 21.0. The van der Waals surface area contributed by atoms with E-state index in [1.165, 1.54) is 4.90 Å². The minimum absolute atomic E-state index is 0.138. The number of nitrogens with two attached hydrogens (primary N) is 1. The molecule has 0 spiro atoms. The molecule has 2 aliphatic heterocycles. The molecule has 0 bridgehead atoms. The first kappa shape index (κ1) is 24.8. The molecule has 0 saturated carbocycles. The maximum atomic E-state index is 13.0. The van der Waals surface area contributed by atoms with Crippen LogP contribution in [0.15, 0.2) is 36.4 Å². The van der Waals surface area contributed by atoms with Crippen LogP contribution in [0.3, 0.4) is 0 Å². The fourth-order valence-electron chi connectivity index (χ4n) is 5.08. The number of anilines is 2. The lowest BCUT2D eigenvalue weighted by molar-refractivity contribution is 0.0572. The number of nitrogen functional groups attached to an aromatic ring is 1. The predicted octanol–water partition coefficient (Wildman–Crippen LogP) is 1.57. The quantitative estimate of drug-likeness (QED) is 0.479. The van der Waals surface area contributed by atoms with Crippen molar-refractivity contribution in [2.75, 3.05) is 64.1 Å². The van der Waals surface area contributed by atoms with Crippen LogP contribution in [0.4, 0.5) is 16.6 Å². The maximum Gasteiger partial charge on any atom is 0.320 e. The van der Waals surface area contributed by atoms with Gasteiger partial charge in [-0.2, -0.15) is 4.98 Å². The second-order valence-corrected chi connectivity index (χ2v) is 9.31. The van der Waals surface area contributed by atoms with Crippen LogP contribution in [-0.4, -0.2) is 102 Å². The summed E-state index contributed by atoms with van der Waals surface area (Å²) in [5, 5.41) is 20.3. The minimum atomic E-state index is -0.905. The Bertz CT molecular complexity index is 1280. The van der Waals surface area contributed by atoms with Gasteiger partial charge >= 0.3 is 6.03 Å². The summed E-state index contributed by atoms with van der Waals surface area (Å²) >= 11 is 0. The number of urea groups is 1. The number of rotatable bonds is 4. The van der Waals surface area contributed by atoms with Crippen molar-refractivity contribution < 1.29 is 24.5 Å². The number of carbonyl (C=O) groups is 1. The molecule has 3 aromatic rings. The molecule has 196 valence electrons. The van der Waals surface area contributed by atoms with Crippen molar-refractivity contribution in [2.45, 2.75) is 18.6 Å². The molecule has 11 heteroatoms. The zero-order valence-corrected chi connectivity index (χ0v) is 21.0. The summed E-state index contributed by atoms with van der Waals surface area (Å²) in [6.07, 6.45) is -1.09. The van der Waals surface area contributed by atoms with E-state index in [1.807, 2.05) is 35.2 Å². The van der Waals surface area contributed by atoms with E-state index >= 15 is 0 Å². The normalized spacial score (nSPS) is 20.3. The largest absolute Gasteiger partial charge is 0.493 e. The number of aliphatic hydroxyl groups is 2. The standard InChI is InChI=1S/C26H32N6O5/c1-36-20-13-17-22(21(23(20)37-2)16-7-4-3-5-8-16)24(27)29-25(28-17)30-9-6-10-31(12-11-30)26(35)32-14-18(33)19(34)15-32/h3-5,7-8,13,18-19,33-34H,6,9-12,14-15H2,1-2H3,(H2,27,28,29)/t18-,19-/m0/s1. The molecule has 11 nitrogen and oxygen atoms in total. The number of aliphatic hydroxyl groups excluding tert-OH is 2. The summed E-state index contributed by atoms with van der Waals surface area (Å²) in [6.45, 7) is 2.47. The fraction of sp³-hybridized carbons (Fsp3) is 0.423. The Labute approximate surface area is 215 Å². The van der Waals surface area contributed by atoms with Gasteiger partial charge in [0.2, 0.25) is 5.95 Å². The van der Waals surface area contributed by atoms with Gasteiger partial charge in [0.1, 0.15) is 5.82 Å². The van der Waals surface area contributed by atoms with E-state index in [0.29, 0.717) is 66.8 Å². The number of carbonyl (C=O) groups excluding carboxylic acids is 1. The molecular formula is C26H32N6O5. The van der Waals surface area contributed by atoms with Gasteiger partial charge in [-0.05, 0) is 12.0 Å². The Morgan fingerprint density at radius 1 is 0.973 bits per heavy atom. The highest BCUT2D eigenvalue weighted by Gasteiger charge is 2.35. The first-order valence-electron chi connectivity index (χ1n) is 12.3. The molecule has 2 saturated heterocycles. The maximum absolute atomic E-state index is 13.0. The number of likely N-dealkylation sites (tertiary alicyclic amines) is 1. The molecule has 4 N–H and O–H groups in total. The van der Waals surface area contributed by atoms with Crippen molar-refractivity contribution >= 4 is 28.7 Å². The van der Waals surface area contributed by atoms with E-state index in [9.17, 15) is 15.0 Å². The van der Waals surface area contributed by atoms with Crippen molar-refractivity contribution in [3.8, 4) is 22.6 Å². The van der Waals surface area contributed by atoms with Gasteiger partial charge in [0.05, 0.1) is 50.4 Å². The van der Waals surface area contributed by atoms with Gasteiger partial charge in [-0.25, -0.2) is 9.78 Å². The van der Waals surface area contributed by atoms with Crippen molar-refractivity contribution in [3.63, 3.8) is 0 Å². The van der Waals surface area contributed by atoms with Crippen LogP contribution in [0.25, 0.3) is 22.0 Å². The number of ether oxygens (including phenoxy) is 2. The molecule has 2 amide bonds.